The standard InChI is InChI=1S/C16H10N4O3S2/c17-6-10-3-9-4-12-13(23-8-22-12)5-11(9)19-15(10)25-7-14(21)20-16-18-1-2-24-16/h1-5H,7-8H2,(H,18,20,21). The molecule has 1 aromatic carbocycles. The number of thioether (sulfide) groups is 1. The van der Waals surface area contributed by atoms with E-state index in [1.54, 1.807) is 29.8 Å². The Balaban J connectivity index is 1.57. The average Bonchev–Trinajstić information content (AvgIpc) is 3.28. The van der Waals surface area contributed by atoms with E-state index in [1.165, 1.54) is 23.1 Å². The maximum atomic E-state index is 12.0. The van der Waals surface area contributed by atoms with Gasteiger partial charge >= 0.3 is 0 Å². The van der Waals surface area contributed by atoms with E-state index in [1.807, 2.05) is 0 Å². The lowest BCUT2D eigenvalue weighted by Crippen LogP contribution is -2.14. The second-order valence-electron chi connectivity index (χ2n) is 5.03. The number of amides is 1. The molecule has 0 saturated carbocycles. The van der Waals surface area contributed by atoms with Gasteiger partial charge in [-0.25, -0.2) is 9.97 Å². The summed E-state index contributed by atoms with van der Waals surface area (Å²) in [6.07, 6.45) is 1.62. The Labute approximate surface area is 150 Å². The number of hydrogen-bond donors (Lipinski definition) is 1. The number of pyridine rings is 1. The van der Waals surface area contributed by atoms with E-state index in [9.17, 15) is 10.1 Å². The van der Waals surface area contributed by atoms with Crippen LogP contribution in [0.3, 0.4) is 0 Å². The number of rotatable bonds is 4. The molecule has 7 nitrogen and oxygen atoms in total. The highest BCUT2D eigenvalue weighted by Crippen LogP contribution is 2.36. The van der Waals surface area contributed by atoms with Gasteiger partial charge in [0.05, 0.1) is 16.8 Å². The number of carbonyl (C=O) groups excluding carboxylic acids is 1. The molecule has 0 bridgehead atoms. The predicted octanol–water partition coefficient (Wildman–Crippen LogP) is 3.02. The molecule has 3 heterocycles. The van der Waals surface area contributed by atoms with Crippen LogP contribution in [0.15, 0.2) is 34.8 Å². The van der Waals surface area contributed by atoms with Crippen molar-refractivity contribution in [2.75, 3.05) is 17.9 Å². The van der Waals surface area contributed by atoms with E-state index in [4.69, 9.17) is 9.47 Å². The third-order valence-electron chi connectivity index (χ3n) is 3.41. The van der Waals surface area contributed by atoms with E-state index in [2.05, 4.69) is 21.4 Å². The van der Waals surface area contributed by atoms with Gasteiger partial charge in [0.1, 0.15) is 11.1 Å². The Morgan fingerprint density at radius 3 is 2.96 bits per heavy atom. The quantitative estimate of drug-likeness (QED) is 0.705. The number of nitriles is 1. The van der Waals surface area contributed by atoms with Crippen LogP contribution in [0.25, 0.3) is 10.9 Å². The summed E-state index contributed by atoms with van der Waals surface area (Å²) >= 11 is 2.56. The van der Waals surface area contributed by atoms with Crippen LogP contribution in [0.4, 0.5) is 5.13 Å². The lowest BCUT2D eigenvalue weighted by Gasteiger charge is -2.06. The summed E-state index contributed by atoms with van der Waals surface area (Å²) in [6.45, 7) is 0.176. The summed E-state index contributed by atoms with van der Waals surface area (Å²) in [6, 6.07) is 7.45. The van der Waals surface area contributed by atoms with Crippen LogP contribution in [0.5, 0.6) is 11.5 Å². The van der Waals surface area contributed by atoms with Crippen molar-refractivity contribution in [1.29, 1.82) is 5.26 Å². The highest BCUT2D eigenvalue weighted by molar-refractivity contribution is 8.00. The summed E-state index contributed by atoms with van der Waals surface area (Å²) < 4.78 is 10.7. The fourth-order valence-corrected chi connectivity index (χ4v) is 3.62. The molecule has 0 fully saturated rings. The Kier molecular flexibility index (Phi) is 4.13. The van der Waals surface area contributed by atoms with Crippen molar-refractivity contribution in [1.82, 2.24) is 9.97 Å². The highest BCUT2D eigenvalue weighted by atomic mass is 32.2. The first kappa shape index (κ1) is 15.7. The number of fused-ring (bicyclic) bond motifs is 2. The normalized spacial score (nSPS) is 12.1. The van der Waals surface area contributed by atoms with Crippen molar-refractivity contribution in [2.45, 2.75) is 5.03 Å². The molecule has 1 amide bonds. The van der Waals surface area contributed by atoms with Crippen molar-refractivity contribution in [3.63, 3.8) is 0 Å². The zero-order valence-electron chi connectivity index (χ0n) is 12.7. The summed E-state index contributed by atoms with van der Waals surface area (Å²) in [7, 11) is 0. The molecule has 0 atom stereocenters. The molecule has 0 unspecified atom stereocenters. The molecule has 0 saturated heterocycles. The van der Waals surface area contributed by atoms with Crippen molar-refractivity contribution in [2.24, 2.45) is 0 Å². The van der Waals surface area contributed by atoms with Crippen molar-refractivity contribution >= 4 is 45.0 Å². The molecule has 4 rings (SSSR count). The van der Waals surface area contributed by atoms with Crippen LogP contribution < -0.4 is 14.8 Å². The number of benzene rings is 1. The number of hydrogen-bond acceptors (Lipinski definition) is 8. The second kappa shape index (κ2) is 6.58. The SMILES string of the molecule is N#Cc1cc2cc3c(cc2nc1SCC(=O)Nc1nccs1)OCO3. The molecule has 0 spiro atoms. The molecule has 1 N–H and O–H groups in total. The van der Waals surface area contributed by atoms with E-state index in [-0.39, 0.29) is 18.5 Å². The summed E-state index contributed by atoms with van der Waals surface area (Å²) in [5.41, 5.74) is 1.10. The van der Waals surface area contributed by atoms with Gasteiger partial charge in [-0.1, -0.05) is 11.8 Å². The highest BCUT2D eigenvalue weighted by Gasteiger charge is 2.17. The predicted molar refractivity (Wildman–Crippen MR) is 94.0 cm³/mol. The van der Waals surface area contributed by atoms with Crippen LogP contribution >= 0.6 is 23.1 Å². The molecular weight excluding hydrogens is 360 g/mol. The average molecular weight is 370 g/mol. The number of nitrogens with zero attached hydrogens (tertiary/aromatic N) is 3. The first-order valence-corrected chi connectivity index (χ1v) is 9.06. The van der Waals surface area contributed by atoms with E-state index in [0.717, 1.165) is 5.39 Å². The zero-order chi connectivity index (χ0) is 17.2. The largest absolute Gasteiger partial charge is 0.454 e. The van der Waals surface area contributed by atoms with Crippen molar-refractivity contribution in [3.8, 4) is 17.6 Å². The van der Waals surface area contributed by atoms with Crippen LogP contribution in [0.1, 0.15) is 5.56 Å². The van der Waals surface area contributed by atoms with Crippen LogP contribution in [-0.4, -0.2) is 28.4 Å². The molecule has 1 aliphatic rings. The molecule has 2 aromatic heterocycles. The summed E-state index contributed by atoms with van der Waals surface area (Å²) in [5.74, 6) is 1.21. The monoisotopic (exact) mass is 370 g/mol. The third-order valence-corrected chi connectivity index (χ3v) is 5.09. The van der Waals surface area contributed by atoms with E-state index < -0.39 is 0 Å². The fraction of sp³-hybridized carbons (Fsp3) is 0.125. The molecule has 124 valence electrons. The minimum absolute atomic E-state index is 0.136. The van der Waals surface area contributed by atoms with Gasteiger partial charge in [-0.2, -0.15) is 5.26 Å². The number of nitrogens with one attached hydrogen (secondary N) is 1. The summed E-state index contributed by atoms with van der Waals surface area (Å²) in [5, 5.41) is 15.7. The van der Waals surface area contributed by atoms with Gasteiger partial charge in [-0.05, 0) is 12.1 Å². The van der Waals surface area contributed by atoms with Crippen molar-refractivity contribution in [3.05, 3.63) is 35.3 Å². The third kappa shape index (κ3) is 3.22. The van der Waals surface area contributed by atoms with Gasteiger partial charge in [0.15, 0.2) is 16.6 Å². The Hall–Kier alpha value is -2.83. The topological polar surface area (TPSA) is 97.1 Å². The number of carbonyl (C=O) groups is 1. The van der Waals surface area contributed by atoms with Crippen LogP contribution in [0, 0.1) is 11.3 Å². The van der Waals surface area contributed by atoms with Gasteiger partial charge in [0.25, 0.3) is 0 Å². The zero-order valence-corrected chi connectivity index (χ0v) is 14.3. The fourth-order valence-electron chi connectivity index (χ4n) is 2.31. The smallest absolute Gasteiger partial charge is 0.236 e. The Morgan fingerprint density at radius 1 is 1.36 bits per heavy atom. The van der Waals surface area contributed by atoms with E-state index in [0.29, 0.717) is 32.7 Å². The van der Waals surface area contributed by atoms with Gasteiger partial charge in [0, 0.05) is 23.0 Å². The first-order chi connectivity index (χ1) is 12.2. The van der Waals surface area contributed by atoms with Gasteiger partial charge in [-0.15, -0.1) is 11.3 Å². The number of anilines is 1. The molecule has 25 heavy (non-hydrogen) atoms. The molecule has 9 heteroatoms. The lowest BCUT2D eigenvalue weighted by atomic mass is 10.1. The summed E-state index contributed by atoms with van der Waals surface area (Å²) in [4.78, 5) is 20.5. The van der Waals surface area contributed by atoms with Gasteiger partial charge in [-0.3, -0.25) is 4.79 Å². The second-order valence-corrected chi connectivity index (χ2v) is 6.88. The minimum atomic E-state index is -0.198. The molecule has 0 radical (unpaired) electrons. The Bertz CT molecular complexity index is 999. The molecule has 1 aliphatic heterocycles. The van der Waals surface area contributed by atoms with Crippen LogP contribution in [-0.2, 0) is 4.79 Å². The lowest BCUT2D eigenvalue weighted by molar-refractivity contribution is -0.113. The van der Waals surface area contributed by atoms with Crippen molar-refractivity contribution < 1.29 is 14.3 Å². The van der Waals surface area contributed by atoms with Gasteiger partial charge < -0.3 is 14.8 Å². The number of thiazole rings is 1. The number of ether oxygens (including phenoxy) is 2. The molecular formula is C16H10N4O3S2. The Morgan fingerprint density at radius 2 is 2.20 bits per heavy atom. The molecule has 3 aromatic rings. The maximum Gasteiger partial charge on any atom is 0.236 e. The molecule has 0 aliphatic carbocycles. The van der Waals surface area contributed by atoms with E-state index >= 15 is 0 Å². The van der Waals surface area contributed by atoms with Gasteiger partial charge in [0.2, 0.25) is 12.7 Å². The number of aromatic nitrogens is 2. The van der Waals surface area contributed by atoms with Crippen LogP contribution in [0.2, 0.25) is 0 Å². The minimum Gasteiger partial charge on any atom is -0.454 e. The first-order valence-electron chi connectivity index (χ1n) is 7.19. The maximum absolute atomic E-state index is 12.0.